The molecule has 0 atom stereocenters. The third kappa shape index (κ3) is 2.73. The zero-order chi connectivity index (χ0) is 13.1. The fraction of sp³-hybridized carbons (Fsp3) is 0.167. The van der Waals surface area contributed by atoms with Crippen LogP contribution in [0.5, 0.6) is 5.75 Å². The zero-order valence-electron chi connectivity index (χ0n) is 9.56. The molecule has 0 aliphatic carbocycles. The van der Waals surface area contributed by atoms with Gasteiger partial charge in [-0.1, -0.05) is 27.5 Å². The van der Waals surface area contributed by atoms with Crippen LogP contribution in [0.15, 0.2) is 28.9 Å². The van der Waals surface area contributed by atoms with Gasteiger partial charge in [-0.15, -0.1) is 0 Å². The van der Waals surface area contributed by atoms with Crippen LogP contribution in [0.2, 0.25) is 5.15 Å². The molecule has 0 amide bonds. The van der Waals surface area contributed by atoms with Crippen LogP contribution in [0.3, 0.4) is 0 Å². The summed E-state index contributed by atoms with van der Waals surface area (Å²) in [5.41, 5.74) is 0.490. The molecule has 0 saturated carbocycles. The minimum atomic E-state index is 0.256. The second-order valence-corrected chi connectivity index (χ2v) is 4.95. The quantitative estimate of drug-likeness (QED) is 0.809. The van der Waals surface area contributed by atoms with Gasteiger partial charge >= 0.3 is 0 Å². The average Bonchev–Trinajstić information content (AvgIpc) is 2.68. The lowest BCUT2D eigenvalue weighted by Gasteiger charge is -2.08. The van der Waals surface area contributed by atoms with Crippen molar-refractivity contribution in [3.05, 3.63) is 45.4 Å². The highest BCUT2D eigenvalue weighted by Gasteiger charge is 2.08. The average molecular weight is 330 g/mol. The van der Waals surface area contributed by atoms with Gasteiger partial charge in [0.25, 0.3) is 0 Å². The smallest absolute Gasteiger partial charge is 0.153 e. The topological polar surface area (TPSA) is 44.1 Å². The molecule has 0 saturated heterocycles. The number of aromatic nitrogens is 2. The van der Waals surface area contributed by atoms with Crippen LogP contribution < -0.4 is 4.74 Å². The Morgan fingerprint density at radius 1 is 1.56 bits per heavy atom. The number of imidazole rings is 1. The molecule has 0 aliphatic rings. The summed E-state index contributed by atoms with van der Waals surface area (Å²) in [6.07, 6.45) is 2.31. The standard InChI is InChI=1S/C12H10BrClN2O2/c1-16-11(14)5-15-12(16)7-18-10-3-2-9(13)4-8(10)6-17/h2-6H,7H2,1H3. The lowest BCUT2D eigenvalue weighted by atomic mass is 10.2. The normalized spacial score (nSPS) is 10.4. The van der Waals surface area contributed by atoms with E-state index in [0.717, 1.165) is 10.8 Å². The van der Waals surface area contributed by atoms with Gasteiger partial charge in [0, 0.05) is 11.5 Å². The minimum absolute atomic E-state index is 0.256. The summed E-state index contributed by atoms with van der Waals surface area (Å²) in [4.78, 5) is 15.0. The Hall–Kier alpha value is -1.33. The number of carbonyl (C=O) groups is 1. The molecule has 94 valence electrons. The first kappa shape index (κ1) is 13.1. The van der Waals surface area contributed by atoms with Crippen LogP contribution in [0, 0.1) is 0 Å². The second kappa shape index (κ2) is 5.54. The molecule has 1 heterocycles. The van der Waals surface area contributed by atoms with Gasteiger partial charge < -0.3 is 9.30 Å². The van der Waals surface area contributed by atoms with E-state index < -0.39 is 0 Å². The first-order chi connectivity index (χ1) is 8.61. The Morgan fingerprint density at radius 2 is 2.33 bits per heavy atom. The molecule has 0 aliphatic heterocycles. The summed E-state index contributed by atoms with van der Waals surface area (Å²) in [5.74, 6) is 1.21. The Bertz CT molecular complexity index is 583. The van der Waals surface area contributed by atoms with Crippen LogP contribution in [0.25, 0.3) is 0 Å². The number of hydrogen-bond acceptors (Lipinski definition) is 3. The molecule has 0 unspecified atom stereocenters. The first-order valence-electron chi connectivity index (χ1n) is 5.15. The van der Waals surface area contributed by atoms with Gasteiger partial charge in [-0.3, -0.25) is 4.79 Å². The summed E-state index contributed by atoms with van der Waals surface area (Å²) >= 11 is 9.17. The minimum Gasteiger partial charge on any atom is -0.485 e. The summed E-state index contributed by atoms with van der Waals surface area (Å²) in [7, 11) is 1.80. The van der Waals surface area contributed by atoms with Gasteiger partial charge in [0.15, 0.2) is 6.29 Å². The molecule has 0 N–H and O–H groups in total. The largest absolute Gasteiger partial charge is 0.485 e. The highest BCUT2D eigenvalue weighted by atomic mass is 79.9. The van der Waals surface area contributed by atoms with E-state index in [2.05, 4.69) is 20.9 Å². The summed E-state index contributed by atoms with van der Waals surface area (Å²) in [6.45, 7) is 0.256. The van der Waals surface area contributed by atoms with Crippen molar-refractivity contribution in [3.8, 4) is 5.75 Å². The number of halogens is 2. The van der Waals surface area contributed by atoms with E-state index in [1.165, 1.54) is 0 Å². The maximum Gasteiger partial charge on any atom is 0.153 e. The number of benzene rings is 1. The Labute approximate surface area is 118 Å². The van der Waals surface area contributed by atoms with Gasteiger partial charge in [0.1, 0.15) is 23.3 Å². The SMILES string of the molecule is Cn1c(Cl)cnc1COc1ccc(Br)cc1C=O. The van der Waals surface area contributed by atoms with Crippen molar-refractivity contribution in [2.75, 3.05) is 0 Å². The van der Waals surface area contributed by atoms with E-state index in [9.17, 15) is 4.79 Å². The number of aldehydes is 1. The molecule has 0 fully saturated rings. The predicted octanol–water partition coefficient (Wildman–Crippen LogP) is 3.23. The van der Waals surface area contributed by atoms with Crippen molar-refractivity contribution in [3.63, 3.8) is 0 Å². The molecule has 0 spiro atoms. The van der Waals surface area contributed by atoms with Crippen molar-refractivity contribution in [2.24, 2.45) is 7.05 Å². The Morgan fingerprint density at radius 3 is 2.94 bits per heavy atom. The van der Waals surface area contributed by atoms with E-state index >= 15 is 0 Å². The molecule has 1 aromatic carbocycles. The van der Waals surface area contributed by atoms with E-state index in [0.29, 0.717) is 22.3 Å². The number of ether oxygens (including phenoxy) is 1. The summed E-state index contributed by atoms with van der Waals surface area (Å²) < 4.78 is 8.12. The van der Waals surface area contributed by atoms with Crippen molar-refractivity contribution >= 4 is 33.8 Å². The first-order valence-corrected chi connectivity index (χ1v) is 6.32. The Kier molecular flexibility index (Phi) is 4.04. The van der Waals surface area contributed by atoms with E-state index in [-0.39, 0.29) is 6.61 Å². The molecule has 2 aromatic rings. The van der Waals surface area contributed by atoms with E-state index in [1.54, 1.807) is 29.9 Å². The predicted molar refractivity (Wildman–Crippen MR) is 72.1 cm³/mol. The fourth-order valence-corrected chi connectivity index (χ4v) is 1.97. The summed E-state index contributed by atoms with van der Waals surface area (Å²) in [5, 5.41) is 0.542. The van der Waals surface area contributed by atoms with Crippen molar-refractivity contribution in [1.82, 2.24) is 9.55 Å². The van der Waals surface area contributed by atoms with Crippen molar-refractivity contribution < 1.29 is 9.53 Å². The maximum atomic E-state index is 10.9. The summed E-state index contributed by atoms with van der Waals surface area (Å²) in [6, 6.07) is 5.25. The molecular formula is C12H10BrClN2O2. The van der Waals surface area contributed by atoms with E-state index in [1.807, 2.05) is 6.07 Å². The van der Waals surface area contributed by atoms with Crippen LogP contribution in [0.4, 0.5) is 0 Å². The highest BCUT2D eigenvalue weighted by molar-refractivity contribution is 9.10. The van der Waals surface area contributed by atoms with Crippen LogP contribution in [0.1, 0.15) is 16.2 Å². The van der Waals surface area contributed by atoms with Gasteiger partial charge in [0.05, 0.1) is 11.8 Å². The molecule has 6 heteroatoms. The van der Waals surface area contributed by atoms with Crippen molar-refractivity contribution in [2.45, 2.75) is 6.61 Å². The number of rotatable bonds is 4. The third-order valence-electron chi connectivity index (χ3n) is 2.48. The number of hydrogen-bond donors (Lipinski definition) is 0. The van der Waals surface area contributed by atoms with E-state index in [4.69, 9.17) is 16.3 Å². The number of carbonyl (C=O) groups excluding carboxylic acids is 1. The molecule has 0 bridgehead atoms. The zero-order valence-corrected chi connectivity index (χ0v) is 11.9. The van der Waals surface area contributed by atoms with Gasteiger partial charge in [-0.05, 0) is 18.2 Å². The van der Waals surface area contributed by atoms with Crippen LogP contribution >= 0.6 is 27.5 Å². The fourth-order valence-electron chi connectivity index (χ4n) is 1.44. The lowest BCUT2D eigenvalue weighted by molar-refractivity contribution is 0.111. The lowest BCUT2D eigenvalue weighted by Crippen LogP contribution is -2.04. The molecule has 18 heavy (non-hydrogen) atoms. The van der Waals surface area contributed by atoms with Gasteiger partial charge in [-0.2, -0.15) is 0 Å². The molecule has 1 aromatic heterocycles. The third-order valence-corrected chi connectivity index (χ3v) is 3.33. The van der Waals surface area contributed by atoms with Crippen molar-refractivity contribution in [1.29, 1.82) is 0 Å². The molecule has 0 radical (unpaired) electrons. The maximum absolute atomic E-state index is 10.9. The molecule has 4 nitrogen and oxygen atoms in total. The van der Waals surface area contributed by atoms with Gasteiger partial charge in [0.2, 0.25) is 0 Å². The van der Waals surface area contributed by atoms with Gasteiger partial charge in [-0.25, -0.2) is 4.98 Å². The van der Waals surface area contributed by atoms with Crippen LogP contribution in [-0.2, 0) is 13.7 Å². The highest BCUT2D eigenvalue weighted by Crippen LogP contribution is 2.22. The monoisotopic (exact) mass is 328 g/mol. The van der Waals surface area contributed by atoms with Crippen LogP contribution in [-0.4, -0.2) is 15.8 Å². The Balaban J connectivity index is 2.15. The molecule has 2 rings (SSSR count). The second-order valence-electron chi connectivity index (χ2n) is 3.64. The number of nitrogens with zero attached hydrogens (tertiary/aromatic N) is 2. The molecular weight excluding hydrogens is 320 g/mol.